The molecule has 0 aliphatic rings. The molecule has 0 amide bonds. The number of allylic oxidation sites excluding steroid dienone is 1. The minimum absolute atomic E-state index is 0.0863. The van der Waals surface area contributed by atoms with Gasteiger partial charge in [-0.1, -0.05) is 146 Å². The maximum Gasteiger partial charge on any atom is 0.107 e. The Hall–Kier alpha value is -2.21. The van der Waals surface area contributed by atoms with Crippen molar-refractivity contribution in [2.45, 2.75) is 57.9 Å². The quantitative estimate of drug-likeness (QED) is 0.341. The van der Waals surface area contributed by atoms with Crippen molar-refractivity contribution in [2.24, 2.45) is 0 Å². The first kappa shape index (κ1) is 25.4. The van der Waals surface area contributed by atoms with Gasteiger partial charge in [-0.3, -0.25) is 0 Å². The van der Waals surface area contributed by atoms with Crippen LogP contribution in [0.1, 0.15) is 36.4 Å². The van der Waals surface area contributed by atoms with Crippen LogP contribution in [0.4, 0.5) is 0 Å². The van der Waals surface area contributed by atoms with Crippen LogP contribution in [0.5, 0.6) is 0 Å². The van der Waals surface area contributed by atoms with Crippen LogP contribution in [0.15, 0.2) is 96.2 Å². The number of aliphatic hydroxyl groups excluding tert-OH is 1. The second-order valence-corrected chi connectivity index (χ2v) is 19.2. The van der Waals surface area contributed by atoms with E-state index in [9.17, 15) is 5.11 Å². The summed E-state index contributed by atoms with van der Waals surface area (Å²) >= 11 is 0. The zero-order valence-electron chi connectivity index (χ0n) is 21.0. The Balaban J connectivity index is 2.17. The Kier molecular flexibility index (Phi) is 8.69. The normalized spacial score (nSPS) is 13.7. The van der Waals surface area contributed by atoms with E-state index in [1.54, 1.807) is 0 Å². The highest BCUT2D eigenvalue weighted by atomic mass is 28.3. The van der Waals surface area contributed by atoms with E-state index in [-0.39, 0.29) is 6.61 Å². The van der Waals surface area contributed by atoms with Crippen molar-refractivity contribution in [3.8, 4) is 0 Å². The lowest BCUT2D eigenvalue weighted by atomic mass is 10.0. The summed E-state index contributed by atoms with van der Waals surface area (Å²) in [4.78, 5) is 0. The van der Waals surface area contributed by atoms with Crippen LogP contribution in [-0.2, 0) is 6.42 Å². The molecule has 0 fully saturated rings. The molecule has 0 heterocycles. The van der Waals surface area contributed by atoms with Gasteiger partial charge in [0.15, 0.2) is 0 Å². The van der Waals surface area contributed by atoms with Crippen LogP contribution in [-0.4, -0.2) is 27.9 Å². The monoisotopic (exact) mass is 472 g/mol. The van der Waals surface area contributed by atoms with Gasteiger partial charge in [0.1, 0.15) is 8.07 Å². The Bertz CT molecular complexity index is 1020. The van der Waals surface area contributed by atoms with E-state index in [1.807, 2.05) is 0 Å². The first-order valence-corrected chi connectivity index (χ1v) is 18.4. The molecule has 0 spiro atoms. The number of hydrogen-bond acceptors (Lipinski definition) is 1. The predicted octanol–water partition coefficient (Wildman–Crippen LogP) is 6.34. The van der Waals surface area contributed by atoms with Gasteiger partial charge >= 0.3 is 0 Å². The van der Waals surface area contributed by atoms with Crippen molar-refractivity contribution >= 4 is 26.5 Å². The second-order valence-electron chi connectivity index (χ2n) is 10.2. The molecule has 0 aromatic heterocycles. The van der Waals surface area contributed by atoms with Crippen molar-refractivity contribution in [2.75, 3.05) is 6.61 Å². The summed E-state index contributed by atoms with van der Waals surface area (Å²) in [7, 11) is -4.00. The van der Waals surface area contributed by atoms with Crippen molar-refractivity contribution in [3.63, 3.8) is 0 Å². The minimum Gasteiger partial charge on any atom is -0.392 e. The number of aryl methyl sites for hydroxylation is 1. The Morgan fingerprint density at radius 1 is 0.788 bits per heavy atom. The number of aliphatic hydroxyl groups is 1. The summed E-state index contributed by atoms with van der Waals surface area (Å²) < 4.78 is 0. The van der Waals surface area contributed by atoms with E-state index in [0.717, 1.165) is 6.42 Å². The maximum atomic E-state index is 10.2. The molecule has 0 aliphatic carbocycles. The van der Waals surface area contributed by atoms with Crippen molar-refractivity contribution in [3.05, 3.63) is 107 Å². The molecule has 1 nitrogen and oxygen atoms in total. The predicted molar refractivity (Wildman–Crippen MR) is 150 cm³/mol. The molecular weight excluding hydrogens is 433 g/mol. The number of hydrogen-bond donors (Lipinski definition) is 1. The second kappa shape index (κ2) is 11.3. The van der Waals surface area contributed by atoms with Gasteiger partial charge in [-0.25, -0.2) is 0 Å². The van der Waals surface area contributed by atoms with Gasteiger partial charge < -0.3 is 5.11 Å². The topological polar surface area (TPSA) is 20.2 Å². The van der Waals surface area contributed by atoms with E-state index >= 15 is 0 Å². The fourth-order valence-electron chi connectivity index (χ4n) is 5.13. The molecule has 174 valence electrons. The number of rotatable bonds is 10. The minimum atomic E-state index is -2.02. The molecular formula is C30H40OSi2. The molecule has 1 N–H and O–H groups in total. The van der Waals surface area contributed by atoms with Gasteiger partial charge in [0.05, 0.1) is 14.7 Å². The van der Waals surface area contributed by atoms with Crippen molar-refractivity contribution in [1.82, 2.24) is 0 Å². The van der Waals surface area contributed by atoms with Gasteiger partial charge in [-0.05, 0) is 24.0 Å². The van der Waals surface area contributed by atoms with Gasteiger partial charge in [0.25, 0.3) is 0 Å². The Morgan fingerprint density at radius 3 is 1.85 bits per heavy atom. The van der Waals surface area contributed by atoms with E-state index < -0.39 is 16.1 Å². The van der Waals surface area contributed by atoms with Crippen LogP contribution in [0.2, 0.25) is 26.2 Å². The smallest absolute Gasteiger partial charge is 0.107 e. The van der Waals surface area contributed by atoms with E-state index in [1.165, 1.54) is 39.5 Å². The Morgan fingerprint density at radius 2 is 1.33 bits per heavy atom. The third-order valence-electron chi connectivity index (χ3n) is 7.21. The standard InChI is InChI=1S/C30H40OSi2/c1-6-7-14-25-19-21-26(22-20-25)30(33(4,5)28-17-12-9-13-18-28)29(23-24-31)32(2,3)27-15-10-8-11-16-27/h8-13,15-23,30-31H,6-7,14,24H2,1-5H3/b29-23+. The van der Waals surface area contributed by atoms with Crippen molar-refractivity contribution < 1.29 is 5.11 Å². The maximum absolute atomic E-state index is 10.2. The van der Waals surface area contributed by atoms with Crippen LogP contribution >= 0.6 is 0 Å². The molecule has 0 aliphatic heterocycles. The molecule has 1 unspecified atom stereocenters. The lowest BCUT2D eigenvalue weighted by molar-refractivity contribution is 0.342. The number of unbranched alkanes of at least 4 members (excludes halogenated alkanes) is 1. The molecule has 0 saturated carbocycles. The highest BCUT2D eigenvalue weighted by Gasteiger charge is 2.43. The highest BCUT2D eigenvalue weighted by Crippen LogP contribution is 2.38. The summed E-state index contributed by atoms with van der Waals surface area (Å²) in [5.41, 5.74) is 3.13. The summed E-state index contributed by atoms with van der Waals surface area (Å²) in [5.74, 6) is 0. The highest BCUT2D eigenvalue weighted by molar-refractivity contribution is 7.00. The Labute approximate surface area is 203 Å². The van der Waals surface area contributed by atoms with Gasteiger partial charge in [-0.15, -0.1) is 0 Å². The van der Waals surface area contributed by atoms with Crippen LogP contribution in [0, 0.1) is 0 Å². The third kappa shape index (κ3) is 5.84. The first-order valence-electron chi connectivity index (χ1n) is 12.3. The molecule has 33 heavy (non-hydrogen) atoms. The summed E-state index contributed by atoms with van der Waals surface area (Å²) in [6.07, 6.45) is 5.74. The summed E-state index contributed by atoms with van der Waals surface area (Å²) in [6.45, 7) is 12.2. The molecule has 1 atom stereocenters. The van der Waals surface area contributed by atoms with Crippen LogP contribution in [0.3, 0.4) is 0 Å². The zero-order valence-corrected chi connectivity index (χ0v) is 23.0. The fraction of sp³-hybridized carbons (Fsp3) is 0.333. The van der Waals surface area contributed by atoms with Crippen molar-refractivity contribution in [1.29, 1.82) is 0 Å². The van der Waals surface area contributed by atoms with Gasteiger partial charge in [-0.2, -0.15) is 0 Å². The third-order valence-corrected chi connectivity index (χ3v) is 15.1. The SMILES string of the molecule is CCCCc1ccc(C(/C(=C\CO)[Si](C)(C)c2ccccc2)[Si](C)(C)c2ccccc2)cc1. The molecule has 3 aromatic carbocycles. The van der Waals surface area contributed by atoms with Gasteiger partial charge in [0, 0.05) is 5.54 Å². The summed E-state index contributed by atoms with van der Waals surface area (Å²) in [6, 6.07) is 31.4. The molecule has 0 bridgehead atoms. The van der Waals surface area contributed by atoms with E-state index in [2.05, 4.69) is 124 Å². The molecule has 0 radical (unpaired) electrons. The molecule has 3 heteroatoms. The average molecular weight is 473 g/mol. The van der Waals surface area contributed by atoms with Crippen LogP contribution < -0.4 is 10.4 Å². The van der Waals surface area contributed by atoms with E-state index in [0.29, 0.717) is 5.54 Å². The molecule has 3 aromatic rings. The van der Waals surface area contributed by atoms with E-state index in [4.69, 9.17) is 0 Å². The van der Waals surface area contributed by atoms with Crippen LogP contribution in [0.25, 0.3) is 0 Å². The lowest BCUT2D eigenvalue weighted by Gasteiger charge is -2.41. The molecule has 3 rings (SSSR count). The number of benzene rings is 3. The van der Waals surface area contributed by atoms with Gasteiger partial charge in [0.2, 0.25) is 0 Å². The fourth-order valence-corrected chi connectivity index (χ4v) is 13.5. The zero-order chi connectivity index (χ0) is 23.9. The average Bonchev–Trinajstić information content (AvgIpc) is 2.84. The molecule has 0 saturated heterocycles. The first-order chi connectivity index (χ1) is 15.8. The lowest BCUT2D eigenvalue weighted by Crippen LogP contribution is -2.55. The largest absolute Gasteiger partial charge is 0.392 e. The summed E-state index contributed by atoms with van der Waals surface area (Å²) in [5, 5.41) is 14.5.